The maximum Gasteiger partial charge on any atom is 0.283 e. The zero-order chi connectivity index (χ0) is 15.1. The SMILES string of the molecule is COCCn1ncc(NCCC2=CCCCC2)c(Br)c1=O. The molecule has 1 aromatic rings. The second kappa shape index (κ2) is 8.34. The minimum atomic E-state index is -0.131. The normalized spacial score (nSPS) is 14.9. The number of anilines is 1. The van der Waals surface area contributed by atoms with Gasteiger partial charge in [-0.05, 0) is 48.0 Å². The summed E-state index contributed by atoms with van der Waals surface area (Å²) in [6.45, 7) is 1.76. The smallest absolute Gasteiger partial charge is 0.283 e. The first-order valence-electron chi connectivity index (χ1n) is 7.38. The van der Waals surface area contributed by atoms with Gasteiger partial charge in [0.25, 0.3) is 5.56 Å². The first-order valence-corrected chi connectivity index (χ1v) is 8.18. The number of ether oxygens (including phenoxy) is 1. The van der Waals surface area contributed by atoms with Crippen molar-refractivity contribution in [3.8, 4) is 0 Å². The van der Waals surface area contributed by atoms with Crippen molar-refractivity contribution in [2.24, 2.45) is 0 Å². The highest BCUT2D eigenvalue weighted by molar-refractivity contribution is 9.10. The molecule has 0 aliphatic heterocycles. The fourth-order valence-corrected chi connectivity index (χ4v) is 2.86. The van der Waals surface area contributed by atoms with Crippen LogP contribution in [0, 0.1) is 0 Å². The van der Waals surface area contributed by atoms with Gasteiger partial charge < -0.3 is 10.1 Å². The minimum absolute atomic E-state index is 0.131. The Hall–Kier alpha value is -1.14. The summed E-state index contributed by atoms with van der Waals surface area (Å²) >= 11 is 3.36. The van der Waals surface area contributed by atoms with Crippen LogP contribution in [0.4, 0.5) is 5.69 Å². The first-order chi connectivity index (χ1) is 10.2. The van der Waals surface area contributed by atoms with Crippen LogP contribution in [-0.4, -0.2) is 30.0 Å². The van der Waals surface area contributed by atoms with E-state index < -0.39 is 0 Å². The van der Waals surface area contributed by atoms with Crippen LogP contribution in [0.1, 0.15) is 32.1 Å². The fraction of sp³-hybridized carbons (Fsp3) is 0.600. The van der Waals surface area contributed by atoms with Gasteiger partial charge in [0.05, 0.1) is 25.0 Å². The molecule has 21 heavy (non-hydrogen) atoms. The van der Waals surface area contributed by atoms with Gasteiger partial charge in [0, 0.05) is 13.7 Å². The zero-order valence-corrected chi connectivity index (χ0v) is 14.0. The quantitative estimate of drug-likeness (QED) is 0.764. The Bertz CT molecular complexity index is 554. The van der Waals surface area contributed by atoms with Gasteiger partial charge >= 0.3 is 0 Å². The molecule has 0 aromatic carbocycles. The van der Waals surface area contributed by atoms with Crippen LogP contribution in [-0.2, 0) is 11.3 Å². The third kappa shape index (κ3) is 4.68. The molecular weight excluding hydrogens is 334 g/mol. The minimum Gasteiger partial charge on any atom is -0.383 e. The average molecular weight is 356 g/mol. The zero-order valence-electron chi connectivity index (χ0n) is 12.4. The van der Waals surface area contributed by atoms with E-state index in [4.69, 9.17) is 4.74 Å². The average Bonchev–Trinajstić information content (AvgIpc) is 2.52. The molecule has 1 heterocycles. The van der Waals surface area contributed by atoms with Crippen LogP contribution in [0.25, 0.3) is 0 Å². The molecule has 1 N–H and O–H groups in total. The summed E-state index contributed by atoms with van der Waals surface area (Å²) in [5.41, 5.74) is 2.14. The van der Waals surface area contributed by atoms with Crippen molar-refractivity contribution in [3.63, 3.8) is 0 Å². The third-order valence-electron chi connectivity index (χ3n) is 3.64. The Labute approximate surface area is 133 Å². The number of methoxy groups -OCH3 is 1. The summed E-state index contributed by atoms with van der Waals surface area (Å²) in [6, 6.07) is 0. The van der Waals surface area contributed by atoms with Crippen LogP contribution in [0.2, 0.25) is 0 Å². The van der Waals surface area contributed by atoms with Crippen LogP contribution in [0.3, 0.4) is 0 Å². The summed E-state index contributed by atoms with van der Waals surface area (Å²) in [7, 11) is 1.61. The summed E-state index contributed by atoms with van der Waals surface area (Å²) in [4.78, 5) is 12.1. The van der Waals surface area contributed by atoms with Gasteiger partial charge in [0.2, 0.25) is 0 Å². The molecular formula is C15H22BrN3O2. The molecule has 0 bridgehead atoms. The van der Waals surface area contributed by atoms with E-state index in [1.54, 1.807) is 13.3 Å². The van der Waals surface area contributed by atoms with Crippen molar-refractivity contribution in [1.29, 1.82) is 0 Å². The number of aromatic nitrogens is 2. The predicted molar refractivity (Wildman–Crippen MR) is 87.7 cm³/mol. The summed E-state index contributed by atoms with van der Waals surface area (Å²) < 4.78 is 6.90. The van der Waals surface area contributed by atoms with Gasteiger partial charge in [-0.1, -0.05) is 11.6 Å². The van der Waals surface area contributed by atoms with Crippen molar-refractivity contribution in [3.05, 3.63) is 32.7 Å². The Kier molecular flexibility index (Phi) is 6.45. The van der Waals surface area contributed by atoms with Crippen molar-refractivity contribution >= 4 is 21.6 Å². The van der Waals surface area contributed by atoms with E-state index in [-0.39, 0.29) is 5.56 Å². The Morgan fingerprint density at radius 1 is 1.48 bits per heavy atom. The molecule has 0 saturated carbocycles. The van der Waals surface area contributed by atoms with E-state index >= 15 is 0 Å². The van der Waals surface area contributed by atoms with E-state index in [2.05, 4.69) is 32.4 Å². The lowest BCUT2D eigenvalue weighted by Crippen LogP contribution is -2.26. The van der Waals surface area contributed by atoms with E-state index in [1.807, 2.05) is 0 Å². The lowest BCUT2D eigenvalue weighted by atomic mass is 9.97. The number of nitrogens with one attached hydrogen (secondary N) is 1. The van der Waals surface area contributed by atoms with Gasteiger partial charge in [-0.15, -0.1) is 0 Å². The second-order valence-electron chi connectivity index (χ2n) is 5.18. The number of nitrogens with zero attached hydrogens (tertiary/aromatic N) is 2. The molecule has 0 radical (unpaired) electrons. The topological polar surface area (TPSA) is 56.1 Å². The molecule has 0 amide bonds. The molecule has 0 saturated heterocycles. The Balaban J connectivity index is 1.92. The van der Waals surface area contributed by atoms with E-state index in [1.165, 1.54) is 35.9 Å². The van der Waals surface area contributed by atoms with E-state index in [0.29, 0.717) is 17.6 Å². The van der Waals surface area contributed by atoms with Gasteiger partial charge in [-0.25, -0.2) is 4.68 Å². The molecule has 1 aliphatic carbocycles. The lowest BCUT2D eigenvalue weighted by Gasteiger charge is -2.14. The molecule has 0 atom stereocenters. The summed E-state index contributed by atoms with van der Waals surface area (Å²) in [5.74, 6) is 0. The van der Waals surface area contributed by atoms with Gasteiger partial charge in [0.1, 0.15) is 4.47 Å². The number of hydrogen-bond acceptors (Lipinski definition) is 4. The number of allylic oxidation sites excluding steroid dienone is 1. The van der Waals surface area contributed by atoms with E-state index in [9.17, 15) is 4.79 Å². The summed E-state index contributed by atoms with van der Waals surface area (Å²) in [6.07, 6.45) is 10.1. The molecule has 0 unspecified atom stereocenters. The first kappa shape index (κ1) is 16.2. The van der Waals surface area contributed by atoms with Gasteiger partial charge in [-0.2, -0.15) is 5.10 Å². The van der Waals surface area contributed by atoms with Crippen LogP contribution in [0.5, 0.6) is 0 Å². The van der Waals surface area contributed by atoms with Crippen LogP contribution in [0.15, 0.2) is 27.1 Å². The molecule has 1 aromatic heterocycles. The maximum absolute atomic E-state index is 12.1. The predicted octanol–water partition coefficient (Wildman–Crippen LogP) is 2.95. The highest BCUT2D eigenvalue weighted by Crippen LogP contribution is 2.21. The molecule has 116 valence electrons. The van der Waals surface area contributed by atoms with Crippen molar-refractivity contribution in [2.45, 2.75) is 38.6 Å². The van der Waals surface area contributed by atoms with Gasteiger partial charge in [0.15, 0.2) is 0 Å². The van der Waals surface area contributed by atoms with Crippen molar-refractivity contribution in [1.82, 2.24) is 9.78 Å². The Morgan fingerprint density at radius 3 is 3.05 bits per heavy atom. The number of halogens is 1. The van der Waals surface area contributed by atoms with Crippen LogP contribution < -0.4 is 10.9 Å². The monoisotopic (exact) mass is 355 g/mol. The molecule has 5 nitrogen and oxygen atoms in total. The van der Waals surface area contributed by atoms with Crippen molar-refractivity contribution < 1.29 is 4.74 Å². The standard InChI is InChI=1S/C15H22BrN3O2/c1-21-10-9-19-15(20)14(16)13(11-18-19)17-8-7-12-5-3-2-4-6-12/h5,11,17H,2-4,6-10H2,1H3. The molecule has 1 aliphatic rings. The largest absolute Gasteiger partial charge is 0.383 e. The number of hydrogen-bond donors (Lipinski definition) is 1. The van der Waals surface area contributed by atoms with Crippen molar-refractivity contribution in [2.75, 3.05) is 25.6 Å². The molecule has 0 fully saturated rings. The second-order valence-corrected chi connectivity index (χ2v) is 5.97. The van der Waals surface area contributed by atoms with Gasteiger partial charge in [-0.3, -0.25) is 4.79 Å². The molecule has 2 rings (SSSR count). The fourth-order valence-electron chi connectivity index (χ4n) is 2.41. The highest BCUT2D eigenvalue weighted by Gasteiger charge is 2.09. The maximum atomic E-state index is 12.1. The summed E-state index contributed by atoms with van der Waals surface area (Å²) in [5, 5.41) is 7.45. The van der Waals surface area contributed by atoms with Crippen LogP contribution >= 0.6 is 15.9 Å². The third-order valence-corrected chi connectivity index (χ3v) is 4.41. The molecule has 6 heteroatoms. The van der Waals surface area contributed by atoms with E-state index in [0.717, 1.165) is 18.7 Å². The Morgan fingerprint density at radius 2 is 2.33 bits per heavy atom. The molecule has 0 spiro atoms. The highest BCUT2D eigenvalue weighted by atomic mass is 79.9. The number of rotatable bonds is 7. The lowest BCUT2D eigenvalue weighted by molar-refractivity contribution is 0.181.